The van der Waals surface area contributed by atoms with E-state index in [0.29, 0.717) is 0 Å². The lowest BCUT2D eigenvalue weighted by atomic mass is 9.81. The van der Waals surface area contributed by atoms with Crippen LogP contribution >= 0.6 is 0 Å². The van der Waals surface area contributed by atoms with Crippen molar-refractivity contribution in [2.75, 3.05) is 0 Å². The van der Waals surface area contributed by atoms with Gasteiger partial charge in [-0.05, 0) is 49.5 Å². The number of hydrogen-bond acceptors (Lipinski definition) is 3. The molecule has 2 aliphatic rings. The van der Waals surface area contributed by atoms with Crippen molar-refractivity contribution in [2.45, 2.75) is 24.4 Å². The number of benzene rings is 4. The fourth-order valence-electron chi connectivity index (χ4n) is 4.40. The normalized spacial score (nSPS) is 29.1. The van der Waals surface area contributed by atoms with Gasteiger partial charge in [0.05, 0.1) is 0 Å². The zero-order chi connectivity index (χ0) is 15.3. The van der Waals surface area contributed by atoms with Gasteiger partial charge in [0.1, 0.15) is 24.4 Å². The Kier molecular flexibility index (Phi) is 2.03. The fraction of sp³-hybridized carbons (Fsp3) is 0.200. The molecule has 2 N–H and O–H groups in total. The Morgan fingerprint density at radius 3 is 2.39 bits per heavy atom. The number of ether oxygens (including phenoxy) is 1. The summed E-state index contributed by atoms with van der Waals surface area (Å²) in [6.45, 7) is 0. The van der Waals surface area contributed by atoms with Crippen LogP contribution in [0.2, 0.25) is 0 Å². The van der Waals surface area contributed by atoms with Crippen LogP contribution in [0, 0.1) is 0 Å². The van der Waals surface area contributed by atoms with Gasteiger partial charge in [0.15, 0.2) is 0 Å². The fourth-order valence-corrected chi connectivity index (χ4v) is 4.40. The molecular weight excluding hydrogens is 288 g/mol. The van der Waals surface area contributed by atoms with Crippen molar-refractivity contribution in [1.29, 1.82) is 0 Å². The van der Waals surface area contributed by atoms with Crippen LogP contribution in [-0.4, -0.2) is 22.4 Å². The molecule has 3 heteroatoms. The van der Waals surface area contributed by atoms with Gasteiger partial charge < -0.3 is 14.9 Å². The first-order valence-electron chi connectivity index (χ1n) is 7.96. The molecule has 0 saturated carbocycles. The van der Waals surface area contributed by atoms with E-state index in [0.717, 1.165) is 21.9 Å². The molecule has 1 aliphatic heterocycles. The zero-order valence-electron chi connectivity index (χ0n) is 12.2. The molecule has 0 radical (unpaired) electrons. The smallest absolute Gasteiger partial charge is 0.118 e. The summed E-state index contributed by atoms with van der Waals surface area (Å²) in [4.78, 5) is 0. The summed E-state index contributed by atoms with van der Waals surface area (Å²) in [5.74, 6) is 0. The maximum absolute atomic E-state index is 10.5. The van der Waals surface area contributed by atoms with Gasteiger partial charge in [0, 0.05) is 0 Å². The molecule has 6 rings (SSSR count). The number of hydrogen-bond donors (Lipinski definition) is 2. The lowest BCUT2D eigenvalue weighted by Crippen LogP contribution is -2.29. The van der Waals surface area contributed by atoms with E-state index in [1.54, 1.807) is 0 Å². The topological polar surface area (TPSA) is 53.0 Å². The van der Waals surface area contributed by atoms with Crippen LogP contribution in [0.4, 0.5) is 0 Å². The highest BCUT2D eigenvalue weighted by atomic mass is 16.6. The molecule has 112 valence electrons. The third-order valence-electron chi connectivity index (χ3n) is 5.51. The Bertz CT molecular complexity index is 1080. The van der Waals surface area contributed by atoms with Crippen LogP contribution in [0.25, 0.3) is 32.3 Å². The van der Waals surface area contributed by atoms with Gasteiger partial charge in [0.2, 0.25) is 0 Å². The third kappa shape index (κ3) is 1.36. The molecule has 23 heavy (non-hydrogen) atoms. The summed E-state index contributed by atoms with van der Waals surface area (Å²) in [5.41, 5.74) is 1.86. The lowest BCUT2D eigenvalue weighted by Gasteiger charge is -2.25. The van der Waals surface area contributed by atoms with Crippen LogP contribution in [0.5, 0.6) is 0 Å². The number of aliphatic hydroxyl groups is 2. The van der Waals surface area contributed by atoms with Crippen molar-refractivity contribution < 1.29 is 14.9 Å². The molecule has 0 unspecified atom stereocenters. The molecule has 3 nitrogen and oxygen atoms in total. The number of rotatable bonds is 0. The van der Waals surface area contributed by atoms with E-state index in [9.17, 15) is 10.2 Å². The molecule has 1 aliphatic carbocycles. The van der Waals surface area contributed by atoms with Crippen molar-refractivity contribution >= 4 is 32.3 Å². The van der Waals surface area contributed by atoms with Crippen LogP contribution in [0.1, 0.15) is 23.3 Å². The van der Waals surface area contributed by atoms with E-state index in [1.807, 2.05) is 6.07 Å². The molecule has 1 fully saturated rings. The van der Waals surface area contributed by atoms with Crippen LogP contribution in [0.3, 0.4) is 0 Å². The molecule has 4 aromatic carbocycles. The number of fused-ring (bicyclic) bond motifs is 4. The van der Waals surface area contributed by atoms with Crippen molar-refractivity contribution in [3.8, 4) is 0 Å². The summed E-state index contributed by atoms with van der Waals surface area (Å²) < 4.78 is 5.67. The van der Waals surface area contributed by atoms with Crippen LogP contribution in [-0.2, 0) is 4.74 Å². The minimum Gasteiger partial charge on any atom is -0.387 e. The molecule has 1 heterocycles. The quantitative estimate of drug-likeness (QED) is 0.386. The largest absolute Gasteiger partial charge is 0.387 e. The highest BCUT2D eigenvalue weighted by molar-refractivity contribution is 6.23. The highest BCUT2D eigenvalue weighted by Gasteiger charge is 2.54. The SMILES string of the molecule is O[C@@H]1[C@H]2O[C@@H]2c2c(cc3ccc4cccc5ccc2c3c45)[C@@H]1O. The Hall–Kier alpha value is -2.20. The minimum atomic E-state index is -0.879. The van der Waals surface area contributed by atoms with Gasteiger partial charge in [-0.3, -0.25) is 0 Å². The van der Waals surface area contributed by atoms with Crippen molar-refractivity contribution in [2.24, 2.45) is 0 Å². The first-order chi connectivity index (χ1) is 11.2. The van der Waals surface area contributed by atoms with E-state index in [4.69, 9.17) is 4.74 Å². The molecule has 4 aromatic rings. The average Bonchev–Trinajstić information content (AvgIpc) is 3.37. The van der Waals surface area contributed by atoms with Gasteiger partial charge in [0.25, 0.3) is 0 Å². The first kappa shape index (κ1) is 12.3. The molecular formula is C20H14O3. The van der Waals surface area contributed by atoms with E-state index < -0.39 is 12.2 Å². The second-order valence-electron chi connectivity index (χ2n) is 6.69. The van der Waals surface area contributed by atoms with E-state index in [-0.39, 0.29) is 12.2 Å². The van der Waals surface area contributed by atoms with Crippen molar-refractivity contribution in [3.05, 3.63) is 59.7 Å². The second kappa shape index (κ2) is 3.82. The van der Waals surface area contributed by atoms with E-state index in [2.05, 4.69) is 42.5 Å². The Labute approximate surface area is 132 Å². The molecule has 4 atom stereocenters. The summed E-state index contributed by atoms with van der Waals surface area (Å²) >= 11 is 0. The monoisotopic (exact) mass is 302 g/mol. The lowest BCUT2D eigenvalue weighted by molar-refractivity contribution is 0.000163. The predicted octanol–water partition coefficient (Wildman–Crippen LogP) is 3.43. The predicted molar refractivity (Wildman–Crippen MR) is 88.7 cm³/mol. The second-order valence-corrected chi connectivity index (χ2v) is 6.69. The highest BCUT2D eigenvalue weighted by Crippen LogP contribution is 2.54. The summed E-state index contributed by atoms with van der Waals surface area (Å²) in [7, 11) is 0. The van der Waals surface area contributed by atoms with E-state index >= 15 is 0 Å². The standard InChI is InChI=1S/C20H14O3/c21-17-13-8-11-5-4-9-2-1-3-10-6-7-12(15(11)14(9)10)16(13)19-20(23-19)18(17)22/h1-8,17-22H/t17-,18-,19+,20+/m0/s1. The minimum absolute atomic E-state index is 0.0898. The molecule has 0 spiro atoms. The molecule has 0 amide bonds. The van der Waals surface area contributed by atoms with Crippen molar-refractivity contribution in [1.82, 2.24) is 0 Å². The van der Waals surface area contributed by atoms with Crippen LogP contribution in [0.15, 0.2) is 48.5 Å². The van der Waals surface area contributed by atoms with Gasteiger partial charge in [-0.25, -0.2) is 0 Å². The zero-order valence-corrected chi connectivity index (χ0v) is 12.2. The summed E-state index contributed by atoms with van der Waals surface area (Å²) in [6.07, 6.45) is -2.07. The molecule has 0 aromatic heterocycles. The Balaban J connectivity index is 1.86. The summed E-state index contributed by atoms with van der Waals surface area (Å²) in [6, 6.07) is 16.9. The van der Waals surface area contributed by atoms with Crippen LogP contribution < -0.4 is 0 Å². The van der Waals surface area contributed by atoms with Gasteiger partial charge >= 0.3 is 0 Å². The van der Waals surface area contributed by atoms with Crippen molar-refractivity contribution in [3.63, 3.8) is 0 Å². The summed E-state index contributed by atoms with van der Waals surface area (Å²) in [5, 5.41) is 27.8. The number of aliphatic hydroxyl groups excluding tert-OH is 2. The van der Waals surface area contributed by atoms with Gasteiger partial charge in [-0.1, -0.05) is 42.5 Å². The maximum Gasteiger partial charge on any atom is 0.118 e. The first-order valence-corrected chi connectivity index (χ1v) is 7.96. The average molecular weight is 302 g/mol. The Morgan fingerprint density at radius 1 is 0.826 bits per heavy atom. The Morgan fingerprint density at radius 2 is 1.57 bits per heavy atom. The van der Waals surface area contributed by atoms with E-state index in [1.165, 1.54) is 21.5 Å². The maximum atomic E-state index is 10.5. The van der Waals surface area contributed by atoms with Gasteiger partial charge in [-0.2, -0.15) is 0 Å². The van der Waals surface area contributed by atoms with Gasteiger partial charge in [-0.15, -0.1) is 0 Å². The molecule has 0 bridgehead atoms. The third-order valence-corrected chi connectivity index (χ3v) is 5.51. The molecule has 1 saturated heterocycles. The number of epoxide rings is 1.